The molecule has 1 aromatic carbocycles. The third kappa shape index (κ3) is 1.52. The highest BCUT2D eigenvalue weighted by atomic mass is 79.9. The summed E-state index contributed by atoms with van der Waals surface area (Å²) in [7, 11) is 0. The lowest BCUT2D eigenvalue weighted by Gasteiger charge is -1.89. The van der Waals surface area contributed by atoms with Gasteiger partial charge in [0.25, 0.3) is 0 Å². The Kier molecular flexibility index (Phi) is 2.22. The number of halogens is 1. The highest BCUT2D eigenvalue weighted by Gasteiger charge is 2.11. The number of aromatic nitrogens is 1. The van der Waals surface area contributed by atoms with Gasteiger partial charge in [0.2, 0.25) is 5.89 Å². The average Bonchev–Trinajstić information content (AvgIpc) is 2.84. The molecule has 3 aromatic rings. The largest absolute Gasteiger partial charge is 0.435 e. The summed E-state index contributed by atoms with van der Waals surface area (Å²) in [5.74, 6) is 0.614. The van der Waals surface area contributed by atoms with E-state index >= 15 is 0 Å². The van der Waals surface area contributed by atoms with E-state index in [0.717, 1.165) is 19.8 Å². The van der Waals surface area contributed by atoms with Gasteiger partial charge < -0.3 is 10.2 Å². The van der Waals surface area contributed by atoms with Crippen LogP contribution in [0, 0.1) is 0 Å². The normalized spacial score (nSPS) is 11.1. The Morgan fingerprint density at radius 1 is 1.25 bits per heavy atom. The minimum atomic E-state index is 0.614. The van der Waals surface area contributed by atoms with E-state index in [1.807, 2.05) is 30.3 Å². The first kappa shape index (κ1) is 9.86. The van der Waals surface area contributed by atoms with Crippen molar-refractivity contribution in [2.45, 2.75) is 0 Å². The van der Waals surface area contributed by atoms with Gasteiger partial charge in [-0.15, -0.1) is 11.3 Å². The second-order valence-electron chi connectivity index (χ2n) is 3.32. The Labute approximate surface area is 104 Å². The van der Waals surface area contributed by atoms with E-state index in [9.17, 15) is 0 Å². The number of fused-ring (bicyclic) bond motifs is 1. The smallest absolute Gasteiger partial charge is 0.237 e. The van der Waals surface area contributed by atoms with E-state index in [1.165, 1.54) is 0 Å². The number of nitrogens with two attached hydrogens (primary N) is 1. The number of hydrogen-bond acceptors (Lipinski definition) is 4. The summed E-state index contributed by atoms with van der Waals surface area (Å²) in [6.45, 7) is 0. The van der Waals surface area contributed by atoms with Crippen LogP contribution in [0.15, 0.2) is 38.5 Å². The second kappa shape index (κ2) is 3.61. The molecular formula is C11H7BrN2OS. The highest BCUT2D eigenvalue weighted by molar-refractivity contribution is 9.11. The predicted molar refractivity (Wildman–Crippen MR) is 69.4 cm³/mol. The molecule has 0 fully saturated rings. The number of benzene rings is 1. The standard InChI is InChI=1S/C11H7BrN2OS/c12-9-5-4-8(16-9)11-14-10-6(13)2-1-3-7(10)15-11/h1-5H,13H2. The number of oxazole rings is 1. The van der Waals surface area contributed by atoms with Gasteiger partial charge in [0.05, 0.1) is 14.4 Å². The minimum Gasteiger partial charge on any atom is -0.435 e. The summed E-state index contributed by atoms with van der Waals surface area (Å²) < 4.78 is 6.70. The van der Waals surface area contributed by atoms with Crippen LogP contribution in [0.3, 0.4) is 0 Å². The molecule has 0 aliphatic rings. The number of rotatable bonds is 1. The SMILES string of the molecule is Nc1cccc2oc(-c3ccc(Br)s3)nc12. The Morgan fingerprint density at radius 3 is 2.81 bits per heavy atom. The van der Waals surface area contributed by atoms with Gasteiger partial charge in [0.1, 0.15) is 5.52 Å². The predicted octanol–water partition coefficient (Wildman–Crippen LogP) is 3.90. The van der Waals surface area contributed by atoms with Crippen molar-refractivity contribution in [2.75, 3.05) is 5.73 Å². The molecule has 0 saturated heterocycles. The molecule has 0 saturated carbocycles. The molecule has 80 valence electrons. The molecule has 0 amide bonds. The van der Waals surface area contributed by atoms with Crippen molar-refractivity contribution in [1.82, 2.24) is 4.98 Å². The van der Waals surface area contributed by atoms with Crippen LogP contribution < -0.4 is 5.73 Å². The quantitative estimate of drug-likeness (QED) is 0.693. The maximum Gasteiger partial charge on any atom is 0.237 e. The van der Waals surface area contributed by atoms with Crippen LogP contribution in [-0.2, 0) is 0 Å². The lowest BCUT2D eigenvalue weighted by atomic mass is 10.3. The van der Waals surface area contributed by atoms with Gasteiger partial charge in [0.15, 0.2) is 5.58 Å². The molecule has 2 heterocycles. The van der Waals surface area contributed by atoms with Crippen molar-refractivity contribution in [1.29, 1.82) is 0 Å². The monoisotopic (exact) mass is 294 g/mol. The summed E-state index contributed by atoms with van der Waals surface area (Å²) >= 11 is 4.99. The number of nitrogen functional groups attached to an aromatic ring is 1. The number of nitrogens with zero attached hydrogens (tertiary/aromatic N) is 1. The molecule has 2 N–H and O–H groups in total. The maximum atomic E-state index is 5.82. The number of hydrogen-bond donors (Lipinski definition) is 1. The number of anilines is 1. The van der Waals surface area contributed by atoms with Gasteiger partial charge in [-0.1, -0.05) is 6.07 Å². The van der Waals surface area contributed by atoms with Gasteiger partial charge in [-0.2, -0.15) is 0 Å². The molecule has 5 heteroatoms. The molecule has 2 aromatic heterocycles. The average molecular weight is 295 g/mol. The molecule has 3 rings (SSSR count). The van der Waals surface area contributed by atoms with Crippen molar-refractivity contribution in [3.63, 3.8) is 0 Å². The highest BCUT2D eigenvalue weighted by Crippen LogP contribution is 2.33. The fourth-order valence-electron chi connectivity index (χ4n) is 1.50. The van der Waals surface area contributed by atoms with Crippen molar-refractivity contribution in [2.24, 2.45) is 0 Å². The summed E-state index contributed by atoms with van der Waals surface area (Å²) in [6, 6.07) is 9.48. The van der Waals surface area contributed by atoms with E-state index < -0.39 is 0 Å². The van der Waals surface area contributed by atoms with Gasteiger partial charge >= 0.3 is 0 Å². The molecule has 0 radical (unpaired) electrons. The lowest BCUT2D eigenvalue weighted by molar-refractivity contribution is 0.621. The second-order valence-corrected chi connectivity index (χ2v) is 5.78. The molecule has 0 aliphatic heterocycles. The van der Waals surface area contributed by atoms with E-state index in [-0.39, 0.29) is 0 Å². The topological polar surface area (TPSA) is 52.0 Å². The molecule has 0 atom stereocenters. The van der Waals surface area contributed by atoms with Crippen LogP contribution in [0.5, 0.6) is 0 Å². The summed E-state index contributed by atoms with van der Waals surface area (Å²) in [5, 5.41) is 0. The maximum absolute atomic E-state index is 5.82. The minimum absolute atomic E-state index is 0.614. The van der Waals surface area contributed by atoms with Gasteiger partial charge in [-0.25, -0.2) is 4.98 Å². The molecular weight excluding hydrogens is 288 g/mol. The Balaban J connectivity index is 2.22. The van der Waals surface area contributed by atoms with Crippen molar-refractivity contribution in [3.05, 3.63) is 34.1 Å². The molecule has 3 nitrogen and oxygen atoms in total. The van der Waals surface area contributed by atoms with E-state index in [2.05, 4.69) is 20.9 Å². The summed E-state index contributed by atoms with van der Waals surface area (Å²) in [4.78, 5) is 5.38. The fourth-order valence-corrected chi connectivity index (χ4v) is 2.82. The number of thiophene rings is 1. The van der Waals surface area contributed by atoms with Crippen LogP contribution in [-0.4, -0.2) is 4.98 Å². The third-order valence-electron chi connectivity index (χ3n) is 2.23. The fraction of sp³-hybridized carbons (Fsp3) is 0. The van der Waals surface area contributed by atoms with Gasteiger partial charge in [0, 0.05) is 0 Å². The van der Waals surface area contributed by atoms with Gasteiger partial charge in [-0.05, 0) is 40.2 Å². The van der Waals surface area contributed by atoms with E-state index in [4.69, 9.17) is 10.2 Å². The van der Waals surface area contributed by atoms with Crippen LogP contribution >= 0.6 is 27.3 Å². The van der Waals surface area contributed by atoms with Crippen molar-refractivity contribution < 1.29 is 4.42 Å². The van der Waals surface area contributed by atoms with Crippen molar-refractivity contribution >= 4 is 44.1 Å². The van der Waals surface area contributed by atoms with Crippen LogP contribution in [0.4, 0.5) is 5.69 Å². The van der Waals surface area contributed by atoms with Crippen molar-refractivity contribution in [3.8, 4) is 10.8 Å². The zero-order valence-electron chi connectivity index (χ0n) is 8.11. The lowest BCUT2D eigenvalue weighted by Crippen LogP contribution is -1.84. The van der Waals surface area contributed by atoms with E-state index in [1.54, 1.807) is 11.3 Å². The first-order valence-electron chi connectivity index (χ1n) is 4.65. The Morgan fingerprint density at radius 2 is 2.12 bits per heavy atom. The first-order valence-corrected chi connectivity index (χ1v) is 6.26. The zero-order valence-corrected chi connectivity index (χ0v) is 10.5. The Hall–Kier alpha value is -1.33. The van der Waals surface area contributed by atoms with Crippen LogP contribution in [0.1, 0.15) is 0 Å². The summed E-state index contributed by atoms with van der Waals surface area (Å²) in [5.41, 5.74) is 7.91. The van der Waals surface area contributed by atoms with Crippen LogP contribution in [0.25, 0.3) is 21.9 Å². The molecule has 0 spiro atoms. The molecule has 16 heavy (non-hydrogen) atoms. The van der Waals surface area contributed by atoms with Crippen LogP contribution in [0.2, 0.25) is 0 Å². The molecule has 0 unspecified atom stereocenters. The molecule has 0 aliphatic carbocycles. The summed E-state index contributed by atoms with van der Waals surface area (Å²) in [6.07, 6.45) is 0. The number of para-hydroxylation sites is 1. The third-order valence-corrected chi connectivity index (χ3v) is 3.85. The van der Waals surface area contributed by atoms with E-state index in [0.29, 0.717) is 11.6 Å². The van der Waals surface area contributed by atoms with Gasteiger partial charge in [-0.3, -0.25) is 0 Å². The molecule has 0 bridgehead atoms. The zero-order chi connectivity index (χ0) is 11.1. The Bertz CT molecular complexity index is 659. The first-order chi connectivity index (χ1) is 7.74.